The second kappa shape index (κ2) is 16.3. The number of phenols is 6. The number of rotatable bonds is 9. The van der Waals surface area contributed by atoms with E-state index in [2.05, 4.69) is 0 Å². The number of benzene rings is 4. The summed E-state index contributed by atoms with van der Waals surface area (Å²) in [6.45, 7) is -1.56. The monoisotopic (exact) mass is 812 g/mol. The summed E-state index contributed by atoms with van der Waals surface area (Å²) < 4.78 is 23.3. The molecule has 312 valence electrons. The van der Waals surface area contributed by atoms with E-state index >= 15 is 0 Å². The molecule has 7 rings (SSSR count). The van der Waals surface area contributed by atoms with Gasteiger partial charge in [0.05, 0.1) is 13.2 Å². The molecule has 0 amide bonds. The van der Waals surface area contributed by atoms with Crippen LogP contribution in [0.25, 0.3) is 0 Å². The fourth-order valence-corrected chi connectivity index (χ4v) is 8.20. The van der Waals surface area contributed by atoms with E-state index in [1.54, 1.807) is 12.1 Å². The van der Waals surface area contributed by atoms with Gasteiger partial charge in [-0.25, -0.2) is 0 Å². The Morgan fingerprint density at radius 3 is 1.52 bits per heavy atom. The van der Waals surface area contributed by atoms with Crippen LogP contribution in [-0.4, -0.2) is 146 Å². The van der Waals surface area contributed by atoms with Crippen molar-refractivity contribution in [3.05, 3.63) is 94.5 Å². The van der Waals surface area contributed by atoms with Gasteiger partial charge in [-0.2, -0.15) is 0 Å². The zero-order valence-electron chi connectivity index (χ0n) is 30.4. The summed E-state index contributed by atoms with van der Waals surface area (Å²) in [5.41, 5.74) is 1.14. The third kappa shape index (κ3) is 7.39. The molecule has 58 heavy (non-hydrogen) atoms. The summed E-state index contributed by atoms with van der Waals surface area (Å²) >= 11 is 0. The van der Waals surface area contributed by atoms with Gasteiger partial charge in [0, 0.05) is 40.7 Å². The Labute approximate surface area is 329 Å². The molecule has 2 fully saturated rings. The Morgan fingerprint density at radius 2 is 1.00 bits per heavy atom. The van der Waals surface area contributed by atoms with Crippen molar-refractivity contribution in [2.75, 3.05) is 13.2 Å². The minimum Gasteiger partial charge on any atom is -0.508 e. The largest absolute Gasteiger partial charge is 0.508 e. The molecule has 2 saturated heterocycles. The van der Waals surface area contributed by atoms with Crippen molar-refractivity contribution in [3.63, 3.8) is 0 Å². The quantitative estimate of drug-likeness (QED) is 0.102. The van der Waals surface area contributed by atoms with Crippen LogP contribution < -0.4 is 9.47 Å². The summed E-state index contributed by atoms with van der Waals surface area (Å²) in [6, 6.07) is 14.9. The van der Waals surface area contributed by atoms with Crippen LogP contribution in [0.1, 0.15) is 45.6 Å². The van der Waals surface area contributed by atoms with Crippen molar-refractivity contribution in [1.82, 2.24) is 0 Å². The Kier molecular flexibility index (Phi) is 11.5. The first-order valence-corrected chi connectivity index (χ1v) is 18.3. The lowest BCUT2D eigenvalue weighted by Crippen LogP contribution is -2.60. The minimum atomic E-state index is -1.92. The van der Waals surface area contributed by atoms with Crippen LogP contribution in [0.3, 0.4) is 0 Å². The van der Waals surface area contributed by atoms with Gasteiger partial charge in [0.2, 0.25) is 12.6 Å². The molecule has 0 saturated carbocycles. The van der Waals surface area contributed by atoms with Crippen LogP contribution in [0.4, 0.5) is 0 Å². The molecule has 0 bridgehead atoms. The summed E-state index contributed by atoms with van der Waals surface area (Å²) in [4.78, 5) is 0. The molecule has 4 aromatic carbocycles. The Balaban J connectivity index is 1.46. The van der Waals surface area contributed by atoms with Gasteiger partial charge in [-0.3, -0.25) is 0 Å². The molecule has 1 aliphatic carbocycles. The normalized spacial score (nSPS) is 32.3. The fraction of sp³-hybridized carbons (Fsp3) is 0.400. The van der Waals surface area contributed by atoms with Crippen LogP contribution in [0, 0.1) is 0 Å². The Bertz CT molecular complexity index is 2070. The summed E-state index contributed by atoms with van der Waals surface area (Å²) in [5, 5.41) is 149. The van der Waals surface area contributed by atoms with Gasteiger partial charge in [-0.1, -0.05) is 24.3 Å². The first-order chi connectivity index (χ1) is 27.6. The van der Waals surface area contributed by atoms with Crippen LogP contribution in [0.15, 0.2) is 66.7 Å². The van der Waals surface area contributed by atoms with Crippen LogP contribution in [-0.2, 0) is 15.9 Å². The maximum absolute atomic E-state index is 11.8. The van der Waals surface area contributed by atoms with E-state index in [0.29, 0.717) is 11.1 Å². The molecule has 0 aromatic heterocycles. The molecule has 4 aromatic rings. The maximum Gasteiger partial charge on any atom is 0.229 e. The number of fused-ring (bicyclic) bond motifs is 1. The molecule has 0 radical (unpaired) electrons. The highest BCUT2D eigenvalue weighted by atomic mass is 16.7. The summed E-state index contributed by atoms with van der Waals surface area (Å²) in [6.07, 6.45) is -17.5. The number of hydrogen-bond acceptors (Lipinski definition) is 18. The highest BCUT2D eigenvalue weighted by molar-refractivity contribution is 5.65. The van der Waals surface area contributed by atoms with E-state index in [1.165, 1.54) is 42.5 Å². The second-order valence-corrected chi connectivity index (χ2v) is 14.6. The van der Waals surface area contributed by atoms with E-state index in [1.807, 2.05) is 0 Å². The first kappa shape index (κ1) is 41.1. The highest BCUT2D eigenvalue weighted by Gasteiger charge is 2.49. The minimum absolute atomic E-state index is 0.0279. The fourth-order valence-electron chi connectivity index (χ4n) is 8.20. The van der Waals surface area contributed by atoms with Gasteiger partial charge in [-0.05, 0) is 53.8 Å². The lowest BCUT2D eigenvalue weighted by atomic mass is 9.61. The first-order valence-electron chi connectivity index (χ1n) is 18.3. The molecule has 0 spiro atoms. The van der Waals surface area contributed by atoms with Crippen molar-refractivity contribution < 1.29 is 90.4 Å². The van der Waals surface area contributed by atoms with Gasteiger partial charge in [0.1, 0.15) is 71.8 Å². The predicted molar refractivity (Wildman–Crippen MR) is 196 cm³/mol. The van der Waals surface area contributed by atoms with E-state index in [-0.39, 0.29) is 46.1 Å². The Hall–Kier alpha value is -5.12. The van der Waals surface area contributed by atoms with Crippen molar-refractivity contribution in [2.24, 2.45) is 0 Å². The topological polar surface area (TPSA) is 320 Å². The SMILES string of the molecule is OC[C@H]1O[C@@H](Oc2c(O)cc(O)cc2[C@H]2[C@@H](c3ccc(O)cc3)c3c(O)cc(O)c(O[C@@H]4O[C@H](CO)[C@@H](O)[C@H](O)[C@H]4O)c3C[C@@H]2c2ccc(O)cc2)[C@H](O)[C@@H](O)[C@@H]1O. The van der Waals surface area contributed by atoms with Gasteiger partial charge in [-0.15, -0.1) is 0 Å². The number of aliphatic hydroxyl groups excluding tert-OH is 8. The molecular weight excluding hydrogens is 768 g/mol. The molecule has 0 unspecified atom stereocenters. The van der Waals surface area contributed by atoms with E-state index < -0.39 is 115 Å². The predicted octanol–water partition coefficient (Wildman–Crippen LogP) is -0.467. The second-order valence-electron chi connectivity index (χ2n) is 14.6. The highest BCUT2D eigenvalue weighted by Crippen LogP contribution is 2.61. The van der Waals surface area contributed by atoms with E-state index in [9.17, 15) is 71.5 Å². The molecule has 18 nitrogen and oxygen atoms in total. The van der Waals surface area contributed by atoms with E-state index in [0.717, 1.165) is 12.1 Å². The number of aliphatic hydroxyl groups is 8. The number of ether oxygens (including phenoxy) is 4. The van der Waals surface area contributed by atoms with Crippen LogP contribution in [0.2, 0.25) is 0 Å². The number of aromatic hydroxyl groups is 6. The van der Waals surface area contributed by atoms with Crippen LogP contribution in [0.5, 0.6) is 46.0 Å². The molecule has 3 aliphatic rings. The maximum atomic E-state index is 11.8. The van der Waals surface area contributed by atoms with E-state index in [4.69, 9.17) is 18.9 Å². The average molecular weight is 813 g/mol. The number of hydrogen-bond donors (Lipinski definition) is 14. The molecule has 18 heteroatoms. The standard InChI is InChI=1S/C40H44O18/c41-13-26-31(49)33(51)35(53)39(55-26)57-37-21(9-19(45)10-24(37)47)29-20(15-1-5-17(43)6-2-15)11-22-30(28(29)16-3-7-18(44)8-4-16)23(46)12-25(48)38(22)58-40-36(54)34(52)32(50)27(14-42)56-40/h1-10,12,20,26-29,31-36,39-54H,11,13-14H2/t20-,26-,27-,28-,29+,31-,32-,33+,34+,35-,36-,39+,40+/m1/s1. The van der Waals surface area contributed by atoms with Crippen molar-refractivity contribution in [1.29, 1.82) is 0 Å². The van der Waals surface area contributed by atoms with Crippen molar-refractivity contribution in [3.8, 4) is 46.0 Å². The third-order valence-corrected chi connectivity index (χ3v) is 11.1. The molecule has 2 aliphatic heterocycles. The lowest BCUT2D eigenvalue weighted by Gasteiger charge is -2.44. The van der Waals surface area contributed by atoms with Gasteiger partial charge >= 0.3 is 0 Å². The lowest BCUT2D eigenvalue weighted by molar-refractivity contribution is -0.277. The summed E-state index contributed by atoms with van der Waals surface area (Å²) in [7, 11) is 0. The van der Waals surface area contributed by atoms with Crippen molar-refractivity contribution in [2.45, 2.75) is 85.6 Å². The van der Waals surface area contributed by atoms with Gasteiger partial charge in [0.25, 0.3) is 0 Å². The van der Waals surface area contributed by atoms with Gasteiger partial charge in [0.15, 0.2) is 23.0 Å². The zero-order valence-corrected chi connectivity index (χ0v) is 30.4. The zero-order chi connectivity index (χ0) is 41.7. The molecular formula is C40H44O18. The molecule has 13 atom stereocenters. The van der Waals surface area contributed by atoms with Crippen molar-refractivity contribution >= 4 is 0 Å². The number of phenolic OH excluding ortho intramolecular Hbond substituents is 6. The molecule has 14 N–H and O–H groups in total. The average Bonchev–Trinajstić information content (AvgIpc) is 3.20. The Morgan fingerprint density at radius 1 is 0.517 bits per heavy atom. The smallest absolute Gasteiger partial charge is 0.229 e. The van der Waals surface area contributed by atoms with Crippen LogP contribution >= 0.6 is 0 Å². The summed E-state index contributed by atoms with van der Waals surface area (Å²) in [5.74, 6) is -6.21. The molecule has 2 heterocycles. The van der Waals surface area contributed by atoms with Gasteiger partial charge < -0.3 is 90.4 Å². The third-order valence-electron chi connectivity index (χ3n) is 11.1.